The fourth-order valence-electron chi connectivity index (χ4n) is 1.34. The molecule has 1 rings (SSSR count). The van der Waals surface area contributed by atoms with Crippen LogP contribution >= 0.6 is 0 Å². The molecule has 0 N–H and O–H groups in total. The minimum absolute atomic E-state index is 0.0225. The van der Waals surface area contributed by atoms with Crippen molar-refractivity contribution in [2.45, 2.75) is 19.3 Å². The molecule has 0 fully saturated rings. The number of methoxy groups -OCH3 is 1. The number of ether oxygens (including phenoxy) is 1. The Balaban J connectivity index is 2.77. The molecule has 0 radical (unpaired) electrons. The molecule has 1 aromatic carbocycles. The second-order valence-corrected chi connectivity index (χ2v) is 3.35. The van der Waals surface area contributed by atoms with Crippen LogP contribution in [0.1, 0.15) is 24.8 Å². The van der Waals surface area contributed by atoms with Crippen molar-refractivity contribution in [2.24, 2.45) is 0 Å². The maximum atomic E-state index is 13.2. The topological polar surface area (TPSA) is 9.23 Å². The Labute approximate surface area is 82.7 Å². The molecule has 1 unspecified atom stereocenters. The van der Waals surface area contributed by atoms with Gasteiger partial charge in [0.2, 0.25) is 0 Å². The highest BCUT2D eigenvalue weighted by Gasteiger charge is 2.11. The number of benzene rings is 1. The van der Waals surface area contributed by atoms with E-state index in [0.29, 0.717) is 18.6 Å². The van der Waals surface area contributed by atoms with Crippen LogP contribution in [0.4, 0.5) is 8.78 Å². The molecule has 0 aliphatic heterocycles. The zero-order valence-corrected chi connectivity index (χ0v) is 8.39. The average Bonchev–Trinajstić information content (AvgIpc) is 2.18. The van der Waals surface area contributed by atoms with Crippen LogP contribution in [0.5, 0.6) is 0 Å². The number of halogens is 2. The van der Waals surface area contributed by atoms with Crippen LogP contribution in [0.3, 0.4) is 0 Å². The van der Waals surface area contributed by atoms with E-state index in [1.54, 1.807) is 7.11 Å². The van der Waals surface area contributed by atoms with E-state index in [1.807, 2.05) is 6.92 Å². The number of rotatable bonds is 4. The maximum Gasteiger partial charge on any atom is 0.126 e. The van der Waals surface area contributed by atoms with Crippen LogP contribution in [0, 0.1) is 11.6 Å². The quantitative estimate of drug-likeness (QED) is 0.725. The van der Waals surface area contributed by atoms with Gasteiger partial charge in [-0.3, -0.25) is 0 Å². The second kappa shape index (κ2) is 5.05. The van der Waals surface area contributed by atoms with Crippen molar-refractivity contribution in [3.05, 3.63) is 35.4 Å². The molecule has 0 aromatic heterocycles. The molecule has 0 spiro atoms. The predicted octanol–water partition coefficient (Wildman–Crippen LogP) is 3.10. The zero-order valence-electron chi connectivity index (χ0n) is 8.39. The van der Waals surface area contributed by atoms with Crippen LogP contribution in [0.25, 0.3) is 0 Å². The lowest BCUT2D eigenvalue weighted by Crippen LogP contribution is -2.02. The van der Waals surface area contributed by atoms with E-state index in [1.165, 1.54) is 6.07 Å². The maximum absolute atomic E-state index is 13.2. The fraction of sp³-hybridized carbons (Fsp3) is 0.455. The minimum atomic E-state index is -0.398. The molecule has 0 heterocycles. The van der Waals surface area contributed by atoms with Gasteiger partial charge in [-0.15, -0.1) is 0 Å². The second-order valence-electron chi connectivity index (χ2n) is 3.35. The molecule has 0 aliphatic rings. The van der Waals surface area contributed by atoms with Gasteiger partial charge in [-0.2, -0.15) is 0 Å². The van der Waals surface area contributed by atoms with Gasteiger partial charge in [0.15, 0.2) is 0 Å². The Morgan fingerprint density at radius 1 is 1.36 bits per heavy atom. The summed E-state index contributed by atoms with van der Waals surface area (Å²) >= 11 is 0. The molecule has 1 nitrogen and oxygen atoms in total. The summed E-state index contributed by atoms with van der Waals surface area (Å²) in [5, 5.41) is 0. The van der Waals surface area contributed by atoms with Crippen LogP contribution < -0.4 is 0 Å². The van der Waals surface area contributed by atoms with Gasteiger partial charge in [0.25, 0.3) is 0 Å². The Morgan fingerprint density at radius 3 is 2.71 bits per heavy atom. The number of hydrogen-bond donors (Lipinski definition) is 0. The Bertz CT molecular complexity index is 299. The molecule has 3 heteroatoms. The predicted molar refractivity (Wildman–Crippen MR) is 51.3 cm³/mol. The Hall–Kier alpha value is -0.960. The normalized spacial score (nSPS) is 12.9. The summed E-state index contributed by atoms with van der Waals surface area (Å²) in [6, 6.07) is 3.53. The van der Waals surface area contributed by atoms with E-state index in [2.05, 4.69) is 0 Å². The zero-order chi connectivity index (χ0) is 10.6. The van der Waals surface area contributed by atoms with Crippen LogP contribution in [0.15, 0.2) is 18.2 Å². The van der Waals surface area contributed by atoms with Gasteiger partial charge in [0.1, 0.15) is 11.6 Å². The van der Waals surface area contributed by atoms with Gasteiger partial charge in [0.05, 0.1) is 0 Å². The first-order chi connectivity index (χ1) is 6.65. The summed E-state index contributed by atoms with van der Waals surface area (Å²) in [5.41, 5.74) is 0.419. The lowest BCUT2D eigenvalue weighted by molar-refractivity contribution is 0.189. The molecule has 0 bridgehead atoms. The molecule has 0 saturated heterocycles. The van der Waals surface area contributed by atoms with Gasteiger partial charge in [-0.1, -0.05) is 6.92 Å². The van der Waals surface area contributed by atoms with Crippen molar-refractivity contribution < 1.29 is 13.5 Å². The van der Waals surface area contributed by atoms with Crippen molar-refractivity contribution in [3.63, 3.8) is 0 Å². The highest BCUT2D eigenvalue weighted by atomic mass is 19.1. The largest absolute Gasteiger partial charge is 0.385 e. The van der Waals surface area contributed by atoms with Gasteiger partial charge in [-0.05, 0) is 36.1 Å². The lowest BCUT2D eigenvalue weighted by Gasteiger charge is -2.12. The molecule has 1 atom stereocenters. The standard InChI is InChI=1S/C11H14F2O/c1-8(5-6-14-2)10-7-9(12)3-4-11(10)13/h3-4,7-8H,5-6H2,1-2H3. The summed E-state index contributed by atoms with van der Waals surface area (Å²) in [5.74, 6) is -0.772. The van der Waals surface area contributed by atoms with E-state index in [0.717, 1.165) is 12.1 Å². The molecular formula is C11H14F2O. The molecule has 0 saturated carbocycles. The highest BCUT2D eigenvalue weighted by Crippen LogP contribution is 2.22. The SMILES string of the molecule is COCCC(C)c1cc(F)ccc1F. The van der Waals surface area contributed by atoms with Gasteiger partial charge in [0, 0.05) is 13.7 Å². The lowest BCUT2D eigenvalue weighted by atomic mass is 9.97. The minimum Gasteiger partial charge on any atom is -0.385 e. The summed E-state index contributed by atoms with van der Waals surface area (Å²) in [4.78, 5) is 0. The summed E-state index contributed by atoms with van der Waals surface area (Å²) in [6.07, 6.45) is 0.691. The Morgan fingerprint density at radius 2 is 2.07 bits per heavy atom. The first-order valence-electron chi connectivity index (χ1n) is 4.59. The van der Waals surface area contributed by atoms with Crippen molar-refractivity contribution in [1.29, 1.82) is 0 Å². The van der Waals surface area contributed by atoms with Crippen LogP contribution in [0.2, 0.25) is 0 Å². The monoisotopic (exact) mass is 200 g/mol. The van der Waals surface area contributed by atoms with Gasteiger partial charge in [-0.25, -0.2) is 8.78 Å². The van der Waals surface area contributed by atoms with E-state index >= 15 is 0 Å². The van der Waals surface area contributed by atoms with Crippen molar-refractivity contribution in [1.82, 2.24) is 0 Å². The smallest absolute Gasteiger partial charge is 0.126 e. The summed E-state index contributed by atoms with van der Waals surface area (Å²) < 4.78 is 31.0. The van der Waals surface area contributed by atoms with E-state index in [4.69, 9.17) is 4.74 Å². The molecule has 0 amide bonds. The number of hydrogen-bond acceptors (Lipinski definition) is 1. The van der Waals surface area contributed by atoms with Gasteiger partial charge >= 0.3 is 0 Å². The molecule has 1 aromatic rings. The summed E-state index contributed by atoms with van der Waals surface area (Å²) in [7, 11) is 1.59. The fourth-order valence-corrected chi connectivity index (χ4v) is 1.34. The molecule has 0 aliphatic carbocycles. The third-order valence-corrected chi connectivity index (χ3v) is 2.24. The molecular weight excluding hydrogens is 186 g/mol. The van der Waals surface area contributed by atoms with Crippen molar-refractivity contribution in [3.8, 4) is 0 Å². The molecule has 14 heavy (non-hydrogen) atoms. The van der Waals surface area contributed by atoms with Crippen molar-refractivity contribution >= 4 is 0 Å². The molecule has 78 valence electrons. The third kappa shape index (κ3) is 2.77. The highest BCUT2D eigenvalue weighted by molar-refractivity contribution is 5.22. The third-order valence-electron chi connectivity index (χ3n) is 2.24. The first-order valence-corrected chi connectivity index (χ1v) is 4.59. The van der Waals surface area contributed by atoms with E-state index < -0.39 is 5.82 Å². The summed E-state index contributed by atoms with van der Waals surface area (Å²) in [6.45, 7) is 2.41. The van der Waals surface area contributed by atoms with Crippen LogP contribution in [-0.2, 0) is 4.74 Å². The van der Waals surface area contributed by atoms with Crippen LogP contribution in [-0.4, -0.2) is 13.7 Å². The average molecular weight is 200 g/mol. The van der Waals surface area contributed by atoms with Gasteiger partial charge < -0.3 is 4.74 Å². The Kier molecular flexibility index (Phi) is 4.01. The van der Waals surface area contributed by atoms with E-state index in [-0.39, 0.29) is 11.7 Å². The van der Waals surface area contributed by atoms with E-state index in [9.17, 15) is 8.78 Å². The van der Waals surface area contributed by atoms with Crippen molar-refractivity contribution in [2.75, 3.05) is 13.7 Å². The first kappa shape index (κ1) is 11.1.